The second kappa shape index (κ2) is 8.89. The van der Waals surface area contributed by atoms with Crippen molar-refractivity contribution in [1.82, 2.24) is 9.88 Å². The van der Waals surface area contributed by atoms with Crippen LogP contribution in [0.4, 0.5) is 11.4 Å². The van der Waals surface area contributed by atoms with E-state index >= 15 is 0 Å². The number of piperidine rings is 2. The summed E-state index contributed by atoms with van der Waals surface area (Å²) in [5, 5.41) is 8.44. The zero-order chi connectivity index (χ0) is 21.2. The summed E-state index contributed by atoms with van der Waals surface area (Å²) in [6, 6.07) is 15.0. The monoisotopic (exact) mass is 434 g/mol. The summed E-state index contributed by atoms with van der Waals surface area (Å²) in [7, 11) is 1.66. The van der Waals surface area contributed by atoms with Gasteiger partial charge in [-0.05, 0) is 92.8 Å². The van der Waals surface area contributed by atoms with Gasteiger partial charge in [-0.15, -0.1) is 0 Å². The van der Waals surface area contributed by atoms with E-state index in [9.17, 15) is 0 Å². The minimum atomic E-state index is 0.552. The first-order chi connectivity index (χ1) is 15.2. The average molecular weight is 435 g/mol. The third kappa shape index (κ3) is 4.27. The lowest BCUT2D eigenvalue weighted by molar-refractivity contribution is 0.0977. The predicted molar refractivity (Wildman–Crippen MR) is 132 cm³/mol. The molecular weight excluding hydrogens is 404 g/mol. The fourth-order valence-corrected chi connectivity index (χ4v) is 5.49. The maximum absolute atomic E-state index is 5.56. The Bertz CT molecular complexity index is 1080. The molecule has 3 heterocycles. The summed E-state index contributed by atoms with van der Waals surface area (Å²) >= 11 is 5.56. The number of benzene rings is 2. The molecule has 0 amide bonds. The molecule has 1 aromatic heterocycles. The summed E-state index contributed by atoms with van der Waals surface area (Å²) in [4.78, 5) is 6.20. The van der Waals surface area contributed by atoms with Crippen LogP contribution in [-0.2, 0) is 0 Å². The number of para-hydroxylation sites is 2. The highest BCUT2D eigenvalue weighted by atomic mass is 32.1. The molecule has 2 unspecified atom stereocenters. The number of hydrogen-bond donors (Lipinski definition) is 3. The molecular formula is C25H30N4OS. The Hall–Kier alpha value is -2.57. The molecule has 2 aliphatic rings. The van der Waals surface area contributed by atoms with E-state index in [1.165, 1.54) is 61.7 Å². The number of nitrogens with zero attached hydrogens (tertiary/aromatic N) is 1. The summed E-state index contributed by atoms with van der Waals surface area (Å²) in [5.41, 5.74) is 4.49. The van der Waals surface area contributed by atoms with Crippen molar-refractivity contribution >= 4 is 39.6 Å². The molecule has 3 N–H and O–H groups in total. The number of anilines is 2. The Labute approximate surface area is 189 Å². The van der Waals surface area contributed by atoms with E-state index in [0.29, 0.717) is 11.0 Å². The zero-order valence-corrected chi connectivity index (χ0v) is 18.8. The van der Waals surface area contributed by atoms with Crippen molar-refractivity contribution in [3.63, 3.8) is 0 Å². The van der Waals surface area contributed by atoms with Gasteiger partial charge in [0, 0.05) is 28.8 Å². The lowest BCUT2D eigenvalue weighted by atomic mass is 9.82. The molecule has 5 rings (SSSR count). The van der Waals surface area contributed by atoms with Crippen LogP contribution in [0.2, 0.25) is 0 Å². The minimum Gasteiger partial charge on any atom is -0.495 e. The van der Waals surface area contributed by atoms with Crippen molar-refractivity contribution in [2.45, 2.75) is 44.1 Å². The minimum absolute atomic E-state index is 0.552. The van der Waals surface area contributed by atoms with E-state index in [2.05, 4.69) is 44.9 Å². The van der Waals surface area contributed by atoms with Crippen LogP contribution in [0.1, 0.15) is 43.6 Å². The van der Waals surface area contributed by atoms with Crippen LogP contribution in [0, 0.1) is 0 Å². The van der Waals surface area contributed by atoms with Crippen molar-refractivity contribution in [1.29, 1.82) is 0 Å². The first-order valence-corrected chi connectivity index (χ1v) is 11.7. The third-order valence-corrected chi connectivity index (χ3v) is 7.04. The van der Waals surface area contributed by atoms with Gasteiger partial charge < -0.3 is 25.3 Å². The van der Waals surface area contributed by atoms with Crippen LogP contribution < -0.4 is 15.4 Å². The van der Waals surface area contributed by atoms with Crippen molar-refractivity contribution < 1.29 is 4.74 Å². The highest BCUT2D eigenvalue weighted by molar-refractivity contribution is 7.80. The number of hydrogen-bond acceptors (Lipinski definition) is 3. The van der Waals surface area contributed by atoms with Gasteiger partial charge in [0.15, 0.2) is 5.11 Å². The van der Waals surface area contributed by atoms with Crippen LogP contribution >= 0.6 is 12.2 Å². The van der Waals surface area contributed by atoms with E-state index in [-0.39, 0.29) is 0 Å². The molecule has 2 atom stereocenters. The van der Waals surface area contributed by atoms with Crippen LogP contribution in [0.3, 0.4) is 0 Å². The Morgan fingerprint density at radius 3 is 2.90 bits per heavy atom. The summed E-state index contributed by atoms with van der Waals surface area (Å²) in [5.74, 6) is 1.39. The predicted octanol–water partition coefficient (Wildman–Crippen LogP) is 5.72. The molecule has 0 radical (unpaired) electrons. The molecule has 2 aliphatic heterocycles. The summed E-state index contributed by atoms with van der Waals surface area (Å²) in [6.45, 7) is 2.52. The molecule has 5 nitrogen and oxygen atoms in total. The molecule has 0 spiro atoms. The van der Waals surface area contributed by atoms with E-state index in [0.717, 1.165) is 23.2 Å². The number of methoxy groups -OCH3 is 1. The first kappa shape index (κ1) is 20.3. The fraction of sp³-hybridized carbons (Fsp3) is 0.400. The Kier molecular flexibility index (Phi) is 5.83. The van der Waals surface area contributed by atoms with Crippen LogP contribution in [0.25, 0.3) is 10.9 Å². The number of rotatable bonds is 4. The summed E-state index contributed by atoms with van der Waals surface area (Å²) in [6.07, 6.45) is 8.85. The van der Waals surface area contributed by atoms with E-state index in [4.69, 9.17) is 17.0 Å². The van der Waals surface area contributed by atoms with Gasteiger partial charge in [0.1, 0.15) is 5.75 Å². The van der Waals surface area contributed by atoms with Gasteiger partial charge in [0.25, 0.3) is 0 Å². The second-order valence-electron chi connectivity index (χ2n) is 8.69. The molecule has 0 aliphatic carbocycles. The number of aromatic nitrogens is 1. The largest absolute Gasteiger partial charge is 0.495 e. The van der Waals surface area contributed by atoms with Gasteiger partial charge in [0.2, 0.25) is 0 Å². The second-order valence-corrected chi connectivity index (χ2v) is 9.10. The fourth-order valence-electron chi connectivity index (χ4n) is 5.26. The van der Waals surface area contributed by atoms with Crippen molar-refractivity contribution in [3.05, 3.63) is 54.2 Å². The maximum Gasteiger partial charge on any atom is 0.175 e. The van der Waals surface area contributed by atoms with Crippen LogP contribution in [-0.4, -0.2) is 41.2 Å². The van der Waals surface area contributed by atoms with Gasteiger partial charge in [-0.3, -0.25) is 0 Å². The van der Waals surface area contributed by atoms with Gasteiger partial charge in [-0.2, -0.15) is 0 Å². The number of nitrogens with one attached hydrogen (secondary N) is 3. The zero-order valence-electron chi connectivity index (χ0n) is 18.0. The molecule has 162 valence electrons. The smallest absolute Gasteiger partial charge is 0.175 e. The van der Waals surface area contributed by atoms with Crippen LogP contribution in [0.5, 0.6) is 5.75 Å². The average Bonchev–Trinajstić information content (AvgIpc) is 3.22. The topological polar surface area (TPSA) is 52.3 Å². The van der Waals surface area contributed by atoms with Gasteiger partial charge in [-0.25, -0.2) is 0 Å². The maximum atomic E-state index is 5.56. The standard InChI is InChI=1S/C25H30N4OS/c1-30-24-8-3-2-7-23(24)28-25(31)27-18-9-10-22-20(15-18)21(16-26-22)17-11-13-29-12-5-4-6-19(29)14-17/h2-3,7-10,15-17,19,26H,4-6,11-14H2,1H3,(H2,27,28,31). The molecule has 2 aromatic carbocycles. The quantitative estimate of drug-likeness (QED) is 0.459. The highest BCUT2D eigenvalue weighted by Crippen LogP contribution is 2.39. The molecule has 2 fully saturated rings. The normalized spacial score (nSPS) is 21.5. The number of thiocarbonyl (C=S) groups is 1. The lowest BCUT2D eigenvalue weighted by Gasteiger charge is -2.42. The van der Waals surface area contributed by atoms with E-state index in [1.807, 2.05) is 24.3 Å². The van der Waals surface area contributed by atoms with Gasteiger partial charge in [0.05, 0.1) is 12.8 Å². The van der Waals surface area contributed by atoms with Crippen molar-refractivity contribution in [3.8, 4) is 5.75 Å². The lowest BCUT2D eigenvalue weighted by Crippen LogP contribution is -2.44. The molecule has 0 bridgehead atoms. The van der Waals surface area contributed by atoms with Gasteiger partial charge in [-0.1, -0.05) is 18.6 Å². The van der Waals surface area contributed by atoms with Gasteiger partial charge >= 0.3 is 0 Å². The Morgan fingerprint density at radius 1 is 1.10 bits per heavy atom. The van der Waals surface area contributed by atoms with Crippen molar-refractivity contribution in [2.24, 2.45) is 0 Å². The SMILES string of the molecule is COc1ccccc1NC(=S)Nc1ccc2[nH]cc(C3CCN4CCCCC4C3)c2c1. The Balaban J connectivity index is 1.32. The van der Waals surface area contributed by atoms with E-state index in [1.54, 1.807) is 7.11 Å². The Morgan fingerprint density at radius 2 is 2.00 bits per heavy atom. The molecule has 31 heavy (non-hydrogen) atoms. The number of aromatic amines is 1. The molecule has 3 aromatic rings. The molecule has 2 saturated heterocycles. The van der Waals surface area contributed by atoms with Crippen LogP contribution in [0.15, 0.2) is 48.7 Å². The van der Waals surface area contributed by atoms with Crippen molar-refractivity contribution in [2.75, 3.05) is 30.8 Å². The summed E-state index contributed by atoms with van der Waals surface area (Å²) < 4.78 is 5.41. The number of ether oxygens (including phenoxy) is 1. The third-order valence-electron chi connectivity index (χ3n) is 6.84. The number of fused-ring (bicyclic) bond motifs is 2. The first-order valence-electron chi connectivity index (χ1n) is 11.3. The molecule has 6 heteroatoms. The van der Waals surface area contributed by atoms with E-state index < -0.39 is 0 Å². The number of H-pyrrole nitrogens is 1. The highest BCUT2D eigenvalue weighted by Gasteiger charge is 2.31. The molecule has 0 saturated carbocycles.